The van der Waals surface area contributed by atoms with Gasteiger partial charge in [-0.2, -0.15) is 0 Å². The van der Waals surface area contributed by atoms with Gasteiger partial charge in [-0.15, -0.1) is 0 Å². The van der Waals surface area contributed by atoms with Crippen LogP contribution in [0, 0.1) is 5.41 Å². The largest absolute Gasteiger partial charge is 0.375 e. The van der Waals surface area contributed by atoms with E-state index in [4.69, 9.17) is 4.74 Å². The van der Waals surface area contributed by atoms with E-state index >= 15 is 0 Å². The van der Waals surface area contributed by atoms with E-state index in [0.717, 1.165) is 19.3 Å². The molecule has 3 aliphatic rings. The van der Waals surface area contributed by atoms with Crippen molar-refractivity contribution in [2.75, 3.05) is 52.7 Å². The van der Waals surface area contributed by atoms with Crippen molar-refractivity contribution in [2.45, 2.75) is 44.6 Å². The fourth-order valence-electron chi connectivity index (χ4n) is 5.25. The lowest BCUT2D eigenvalue weighted by atomic mass is 9.71. The predicted molar refractivity (Wildman–Crippen MR) is 101 cm³/mol. The third-order valence-electron chi connectivity index (χ3n) is 6.72. The zero-order chi connectivity index (χ0) is 19.9. The highest BCUT2D eigenvalue weighted by molar-refractivity contribution is 7.88. The molecule has 0 aromatic rings. The molecule has 0 aromatic carbocycles. The van der Waals surface area contributed by atoms with Gasteiger partial charge in [-0.1, -0.05) is 0 Å². The minimum atomic E-state index is -3.21. The number of hydrogen-bond donors (Lipinski definition) is 0. The zero-order valence-electron chi connectivity index (χ0n) is 16.6. The number of amides is 2. The van der Waals surface area contributed by atoms with Crippen LogP contribution in [-0.4, -0.2) is 92.6 Å². The van der Waals surface area contributed by atoms with Crippen molar-refractivity contribution in [3.05, 3.63) is 0 Å². The molecule has 3 aliphatic heterocycles. The van der Waals surface area contributed by atoms with Crippen molar-refractivity contribution in [1.82, 2.24) is 14.1 Å². The molecule has 154 valence electrons. The summed E-state index contributed by atoms with van der Waals surface area (Å²) in [7, 11) is -1.69. The van der Waals surface area contributed by atoms with Gasteiger partial charge >= 0.3 is 0 Å². The SMILES string of the molecule is CCN1C(=O)C2(CCN(S(C)(=O)=O)CC2)CC12CCN(C(=O)COC)CC2. The summed E-state index contributed by atoms with van der Waals surface area (Å²) >= 11 is 0. The smallest absolute Gasteiger partial charge is 0.248 e. The van der Waals surface area contributed by atoms with Crippen LogP contribution >= 0.6 is 0 Å². The van der Waals surface area contributed by atoms with Gasteiger partial charge in [-0.05, 0) is 39.0 Å². The summed E-state index contributed by atoms with van der Waals surface area (Å²) in [5, 5.41) is 0. The van der Waals surface area contributed by atoms with E-state index in [1.54, 1.807) is 0 Å². The maximum atomic E-state index is 13.3. The number of ether oxygens (including phenoxy) is 1. The van der Waals surface area contributed by atoms with E-state index in [2.05, 4.69) is 0 Å². The van der Waals surface area contributed by atoms with E-state index in [9.17, 15) is 18.0 Å². The number of sulfonamides is 1. The Morgan fingerprint density at radius 1 is 1.11 bits per heavy atom. The Kier molecular flexibility index (Phi) is 5.58. The highest BCUT2D eigenvalue weighted by atomic mass is 32.2. The molecule has 0 aliphatic carbocycles. The molecule has 27 heavy (non-hydrogen) atoms. The van der Waals surface area contributed by atoms with Gasteiger partial charge in [0.2, 0.25) is 21.8 Å². The van der Waals surface area contributed by atoms with Crippen molar-refractivity contribution < 1.29 is 22.7 Å². The molecule has 3 rings (SSSR count). The maximum absolute atomic E-state index is 13.3. The average molecular weight is 402 g/mol. The monoisotopic (exact) mass is 401 g/mol. The summed E-state index contributed by atoms with van der Waals surface area (Å²) in [6.45, 7) is 4.85. The predicted octanol–water partition coefficient (Wildman–Crippen LogP) is 0.288. The zero-order valence-corrected chi connectivity index (χ0v) is 17.4. The Bertz CT molecular complexity index is 692. The summed E-state index contributed by atoms with van der Waals surface area (Å²) < 4.78 is 30.1. The first-order valence-electron chi connectivity index (χ1n) is 9.71. The Morgan fingerprint density at radius 2 is 1.70 bits per heavy atom. The van der Waals surface area contributed by atoms with Crippen molar-refractivity contribution in [3.63, 3.8) is 0 Å². The lowest BCUT2D eigenvalue weighted by molar-refractivity contribution is -0.141. The molecule has 0 radical (unpaired) electrons. The molecule has 0 aromatic heterocycles. The Hall–Kier alpha value is -1.19. The van der Waals surface area contributed by atoms with Gasteiger partial charge < -0.3 is 14.5 Å². The lowest BCUT2D eigenvalue weighted by Gasteiger charge is -2.44. The first-order chi connectivity index (χ1) is 12.7. The molecule has 3 saturated heterocycles. The molecule has 3 heterocycles. The van der Waals surface area contributed by atoms with Crippen LogP contribution in [0.2, 0.25) is 0 Å². The number of hydrogen-bond acceptors (Lipinski definition) is 5. The molecule has 0 saturated carbocycles. The highest BCUT2D eigenvalue weighted by Crippen LogP contribution is 2.52. The fraction of sp³-hybridized carbons (Fsp3) is 0.889. The number of likely N-dealkylation sites (tertiary alicyclic amines) is 2. The van der Waals surface area contributed by atoms with E-state index in [0.29, 0.717) is 45.6 Å². The molecule has 9 heteroatoms. The standard InChI is InChI=1S/C18H31N3O5S/c1-4-21-16(23)17(5-11-20(12-6-17)27(3,24)25)14-18(21)7-9-19(10-8-18)15(22)13-26-2/h4-14H2,1-3H3. The van der Waals surface area contributed by atoms with Gasteiger partial charge in [-0.3, -0.25) is 9.59 Å². The molecular formula is C18H31N3O5S. The summed E-state index contributed by atoms with van der Waals surface area (Å²) in [4.78, 5) is 29.3. The summed E-state index contributed by atoms with van der Waals surface area (Å²) in [6.07, 6.45) is 4.73. The van der Waals surface area contributed by atoms with Crippen LogP contribution in [-0.2, 0) is 24.3 Å². The van der Waals surface area contributed by atoms with E-state index < -0.39 is 15.4 Å². The van der Waals surface area contributed by atoms with Crippen molar-refractivity contribution in [1.29, 1.82) is 0 Å². The van der Waals surface area contributed by atoms with Gasteiger partial charge in [-0.25, -0.2) is 12.7 Å². The number of carbonyl (C=O) groups excluding carboxylic acids is 2. The van der Waals surface area contributed by atoms with Crippen LogP contribution in [0.3, 0.4) is 0 Å². The number of nitrogens with zero attached hydrogens (tertiary/aromatic N) is 3. The molecule has 2 amide bonds. The van der Waals surface area contributed by atoms with Crippen LogP contribution in [0.1, 0.15) is 39.0 Å². The Labute approximate surface area is 161 Å². The number of methoxy groups -OCH3 is 1. The number of rotatable bonds is 4. The molecule has 0 bridgehead atoms. The highest BCUT2D eigenvalue weighted by Gasteiger charge is 2.59. The van der Waals surface area contributed by atoms with Gasteiger partial charge in [0.25, 0.3) is 0 Å². The van der Waals surface area contributed by atoms with Crippen molar-refractivity contribution in [3.8, 4) is 0 Å². The molecule has 2 spiro atoms. The Balaban J connectivity index is 1.74. The summed E-state index contributed by atoms with van der Waals surface area (Å²) in [6, 6.07) is 0. The normalized spacial score (nSPS) is 25.5. The second kappa shape index (κ2) is 7.33. The topological polar surface area (TPSA) is 87.2 Å². The molecular weight excluding hydrogens is 370 g/mol. The molecule has 0 atom stereocenters. The van der Waals surface area contributed by atoms with Gasteiger partial charge in [0.1, 0.15) is 6.61 Å². The van der Waals surface area contributed by atoms with E-state index in [-0.39, 0.29) is 24.0 Å². The van der Waals surface area contributed by atoms with Gasteiger partial charge in [0.05, 0.1) is 11.7 Å². The van der Waals surface area contributed by atoms with Crippen LogP contribution < -0.4 is 0 Å². The second-order valence-corrected chi connectivity index (χ2v) is 10.2. The third-order valence-corrected chi connectivity index (χ3v) is 8.02. The molecule has 0 unspecified atom stereocenters. The summed E-state index contributed by atoms with van der Waals surface area (Å²) in [5.74, 6) is 0.172. The van der Waals surface area contributed by atoms with Crippen LogP contribution in [0.4, 0.5) is 0 Å². The van der Waals surface area contributed by atoms with E-state index in [1.807, 2.05) is 16.7 Å². The first-order valence-corrected chi connectivity index (χ1v) is 11.6. The quantitative estimate of drug-likeness (QED) is 0.676. The lowest BCUT2D eigenvalue weighted by Crippen LogP contribution is -2.54. The van der Waals surface area contributed by atoms with Crippen LogP contribution in [0.15, 0.2) is 0 Å². The maximum Gasteiger partial charge on any atom is 0.248 e. The molecule has 8 nitrogen and oxygen atoms in total. The number of carbonyl (C=O) groups is 2. The molecule has 0 N–H and O–H groups in total. The molecule has 3 fully saturated rings. The third kappa shape index (κ3) is 3.61. The van der Waals surface area contributed by atoms with Crippen molar-refractivity contribution >= 4 is 21.8 Å². The van der Waals surface area contributed by atoms with Gasteiger partial charge in [0.15, 0.2) is 0 Å². The number of piperidine rings is 2. The van der Waals surface area contributed by atoms with Crippen molar-refractivity contribution in [2.24, 2.45) is 5.41 Å². The first kappa shape index (κ1) is 20.5. The summed E-state index contributed by atoms with van der Waals surface area (Å²) in [5.41, 5.74) is -0.654. The van der Waals surface area contributed by atoms with Crippen LogP contribution in [0.25, 0.3) is 0 Å². The minimum absolute atomic E-state index is 0.00380. The van der Waals surface area contributed by atoms with Gasteiger partial charge in [0, 0.05) is 45.4 Å². The minimum Gasteiger partial charge on any atom is -0.375 e. The fourth-order valence-corrected chi connectivity index (χ4v) is 6.10. The van der Waals surface area contributed by atoms with Crippen LogP contribution in [0.5, 0.6) is 0 Å². The Morgan fingerprint density at radius 3 is 2.19 bits per heavy atom. The van der Waals surface area contributed by atoms with E-state index in [1.165, 1.54) is 17.7 Å². The average Bonchev–Trinajstić information content (AvgIpc) is 2.83. The second-order valence-electron chi connectivity index (χ2n) is 8.21.